The van der Waals surface area contributed by atoms with Crippen LogP contribution < -0.4 is 10.0 Å². The fourth-order valence-electron chi connectivity index (χ4n) is 2.02. The second-order valence-electron chi connectivity index (χ2n) is 4.77. The second-order valence-corrected chi connectivity index (χ2v) is 6.66. The summed E-state index contributed by atoms with van der Waals surface area (Å²) in [4.78, 5) is 0.296. The van der Waals surface area contributed by atoms with E-state index in [0.29, 0.717) is 4.90 Å². The second kappa shape index (κ2) is 4.31. The van der Waals surface area contributed by atoms with Crippen LogP contribution in [0.2, 0.25) is 0 Å². The molecule has 4 nitrogen and oxygen atoms in total. The molecule has 0 unspecified atom stereocenters. The summed E-state index contributed by atoms with van der Waals surface area (Å²) < 4.78 is 25.4. The van der Waals surface area contributed by atoms with Gasteiger partial charge in [0.05, 0.1) is 4.90 Å². The first-order chi connectivity index (χ1) is 7.95. The van der Waals surface area contributed by atoms with Gasteiger partial charge in [0.2, 0.25) is 10.0 Å². The van der Waals surface area contributed by atoms with Crippen LogP contribution in [0.1, 0.15) is 26.2 Å². The zero-order valence-corrected chi connectivity index (χ0v) is 11.0. The summed E-state index contributed by atoms with van der Waals surface area (Å²) in [6.07, 6.45) is 3.60. The lowest BCUT2D eigenvalue weighted by atomic mass is 9.78. The molecule has 2 rings (SSSR count). The molecule has 1 fully saturated rings. The van der Waals surface area contributed by atoms with Crippen molar-refractivity contribution in [1.82, 2.24) is 4.72 Å². The minimum absolute atomic E-state index is 0.184. The molecular formula is C12H18N2O2S. The molecule has 0 bridgehead atoms. The van der Waals surface area contributed by atoms with E-state index in [9.17, 15) is 8.42 Å². The summed E-state index contributed by atoms with van der Waals surface area (Å²) in [6, 6.07) is 6.87. The van der Waals surface area contributed by atoms with Crippen LogP contribution in [-0.2, 0) is 10.0 Å². The van der Waals surface area contributed by atoms with E-state index in [0.717, 1.165) is 5.69 Å². The first-order valence-corrected chi connectivity index (χ1v) is 7.25. The van der Waals surface area contributed by atoms with Crippen LogP contribution in [0, 0.1) is 0 Å². The van der Waals surface area contributed by atoms with E-state index in [4.69, 9.17) is 0 Å². The van der Waals surface area contributed by atoms with Crippen molar-refractivity contribution in [2.24, 2.45) is 0 Å². The van der Waals surface area contributed by atoms with Crippen LogP contribution in [-0.4, -0.2) is 21.0 Å². The minimum Gasteiger partial charge on any atom is -0.380 e. The highest BCUT2D eigenvalue weighted by Crippen LogP contribution is 2.34. The fourth-order valence-corrected chi connectivity index (χ4v) is 2.75. The van der Waals surface area contributed by atoms with E-state index in [2.05, 4.69) is 17.0 Å². The van der Waals surface area contributed by atoms with E-state index in [1.165, 1.54) is 26.3 Å². The van der Waals surface area contributed by atoms with Crippen molar-refractivity contribution in [3.63, 3.8) is 0 Å². The molecule has 94 valence electrons. The van der Waals surface area contributed by atoms with Crippen LogP contribution in [0.5, 0.6) is 0 Å². The maximum Gasteiger partial charge on any atom is 0.240 e. The fraction of sp³-hybridized carbons (Fsp3) is 0.500. The zero-order chi connectivity index (χ0) is 12.5. The van der Waals surface area contributed by atoms with E-state index >= 15 is 0 Å². The van der Waals surface area contributed by atoms with Gasteiger partial charge in [-0.25, -0.2) is 13.1 Å². The maximum absolute atomic E-state index is 11.5. The van der Waals surface area contributed by atoms with Gasteiger partial charge in [0.1, 0.15) is 0 Å². The Hall–Kier alpha value is -1.07. The topological polar surface area (TPSA) is 58.2 Å². The summed E-state index contributed by atoms with van der Waals surface area (Å²) in [6.45, 7) is 2.19. The first-order valence-electron chi connectivity index (χ1n) is 5.77. The van der Waals surface area contributed by atoms with Crippen molar-refractivity contribution in [1.29, 1.82) is 0 Å². The first kappa shape index (κ1) is 12.4. The van der Waals surface area contributed by atoms with Crippen molar-refractivity contribution in [3.8, 4) is 0 Å². The summed E-state index contributed by atoms with van der Waals surface area (Å²) in [7, 11) is -1.91. The quantitative estimate of drug-likeness (QED) is 0.863. The lowest BCUT2D eigenvalue weighted by Gasteiger charge is -2.40. The van der Waals surface area contributed by atoms with Gasteiger partial charge < -0.3 is 5.32 Å². The average Bonchev–Trinajstić information content (AvgIpc) is 2.28. The number of benzene rings is 1. The van der Waals surface area contributed by atoms with Gasteiger partial charge in [-0.2, -0.15) is 0 Å². The van der Waals surface area contributed by atoms with E-state index in [1.54, 1.807) is 12.1 Å². The minimum atomic E-state index is -3.33. The molecule has 0 saturated heterocycles. The molecule has 0 spiro atoms. The Labute approximate surface area is 102 Å². The van der Waals surface area contributed by atoms with Crippen LogP contribution in [0.4, 0.5) is 5.69 Å². The number of hydrogen-bond donors (Lipinski definition) is 2. The van der Waals surface area contributed by atoms with Gasteiger partial charge in [0.15, 0.2) is 0 Å². The molecule has 0 aliphatic heterocycles. The van der Waals surface area contributed by atoms with Crippen LogP contribution in [0.3, 0.4) is 0 Å². The van der Waals surface area contributed by atoms with Gasteiger partial charge in [0.25, 0.3) is 0 Å². The lowest BCUT2D eigenvalue weighted by Crippen LogP contribution is -2.41. The summed E-state index contributed by atoms with van der Waals surface area (Å²) in [5.41, 5.74) is 1.16. The van der Waals surface area contributed by atoms with Crippen molar-refractivity contribution in [2.75, 3.05) is 12.4 Å². The van der Waals surface area contributed by atoms with Crippen molar-refractivity contribution in [2.45, 2.75) is 36.6 Å². The molecule has 0 radical (unpaired) electrons. The third-order valence-electron chi connectivity index (χ3n) is 3.34. The van der Waals surface area contributed by atoms with Gasteiger partial charge in [0, 0.05) is 11.2 Å². The Morgan fingerprint density at radius 2 is 1.76 bits per heavy atom. The third-order valence-corrected chi connectivity index (χ3v) is 4.77. The van der Waals surface area contributed by atoms with Gasteiger partial charge in [-0.15, -0.1) is 0 Å². The molecule has 2 N–H and O–H groups in total. The Morgan fingerprint density at radius 3 is 2.18 bits per heavy atom. The highest BCUT2D eigenvalue weighted by molar-refractivity contribution is 7.89. The molecule has 1 aromatic rings. The highest BCUT2D eigenvalue weighted by atomic mass is 32.2. The standard InChI is InChI=1S/C12H18N2O2S/c1-12(8-3-9-12)14-10-4-6-11(7-5-10)17(15,16)13-2/h4-7,13-14H,3,8-9H2,1-2H3. The molecule has 0 amide bonds. The highest BCUT2D eigenvalue weighted by Gasteiger charge is 2.31. The third kappa shape index (κ3) is 2.61. The number of anilines is 1. The van der Waals surface area contributed by atoms with Gasteiger partial charge >= 0.3 is 0 Å². The van der Waals surface area contributed by atoms with Crippen molar-refractivity contribution < 1.29 is 8.42 Å². The largest absolute Gasteiger partial charge is 0.380 e. The normalized spacial score (nSPS) is 18.5. The lowest BCUT2D eigenvalue weighted by molar-refractivity contribution is 0.306. The summed E-state index contributed by atoms with van der Waals surface area (Å²) in [5.74, 6) is 0. The molecule has 0 atom stereocenters. The van der Waals surface area contributed by atoms with Crippen molar-refractivity contribution in [3.05, 3.63) is 24.3 Å². The number of sulfonamides is 1. The molecule has 17 heavy (non-hydrogen) atoms. The summed E-state index contributed by atoms with van der Waals surface area (Å²) >= 11 is 0. The number of nitrogens with one attached hydrogen (secondary N) is 2. The molecule has 1 aromatic carbocycles. The van der Waals surface area contributed by atoms with Crippen molar-refractivity contribution >= 4 is 15.7 Å². The molecule has 1 aliphatic carbocycles. The van der Waals surface area contributed by atoms with Crippen LogP contribution >= 0.6 is 0 Å². The molecular weight excluding hydrogens is 236 g/mol. The Kier molecular flexibility index (Phi) is 3.14. The SMILES string of the molecule is CNS(=O)(=O)c1ccc(NC2(C)CCC2)cc1. The monoisotopic (exact) mass is 254 g/mol. The molecule has 0 aromatic heterocycles. The Balaban J connectivity index is 2.13. The smallest absolute Gasteiger partial charge is 0.240 e. The van der Waals surface area contributed by atoms with Gasteiger partial charge in [-0.3, -0.25) is 0 Å². The van der Waals surface area contributed by atoms with E-state index < -0.39 is 10.0 Å². The number of rotatable bonds is 4. The maximum atomic E-state index is 11.5. The molecule has 5 heteroatoms. The van der Waals surface area contributed by atoms with Gasteiger partial charge in [-0.05, 0) is 57.5 Å². The molecule has 0 heterocycles. The molecule has 1 aliphatic rings. The van der Waals surface area contributed by atoms with E-state index in [1.807, 2.05) is 12.1 Å². The number of hydrogen-bond acceptors (Lipinski definition) is 3. The predicted octanol–water partition coefficient (Wildman–Crippen LogP) is 1.95. The zero-order valence-electron chi connectivity index (χ0n) is 10.2. The average molecular weight is 254 g/mol. The van der Waals surface area contributed by atoms with Crippen LogP contribution in [0.15, 0.2) is 29.2 Å². The Morgan fingerprint density at radius 1 is 1.18 bits per heavy atom. The van der Waals surface area contributed by atoms with Gasteiger partial charge in [-0.1, -0.05) is 0 Å². The predicted molar refractivity (Wildman–Crippen MR) is 68.6 cm³/mol. The summed E-state index contributed by atoms with van der Waals surface area (Å²) in [5, 5.41) is 3.44. The Bertz CT molecular complexity index is 490. The molecule has 1 saturated carbocycles. The van der Waals surface area contributed by atoms with Crippen LogP contribution in [0.25, 0.3) is 0 Å². The van der Waals surface area contributed by atoms with E-state index in [-0.39, 0.29) is 5.54 Å².